The van der Waals surface area contributed by atoms with E-state index in [2.05, 4.69) is 5.32 Å². The van der Waals surface area contributed by atoms with Crippen molar-refractivity contribution in [3.63, 3.8) is 0 Å². The van der Waals surface area contributed by atoms with Gasteiger partial charge in [-0.3, -0.25) is 4.79 Å². The van der Waals surface area contributed by atoms with Crippen molar-refractivity contribution in [2.24, 2.45) is 0 Å². The number of benzene rings is 2. The Morgan fingerprint density at radius 2 is 2.00 bits per heavy atom. The van der Waals surface area contributed by atoms with Crippen molar-refractivity contribution in [1.82, 2.24) is 5.32 Å². The molecule has 0 saturated heterocycles. The highest BCUT2D eigenvalue weighted by Gasteiger charge is 2.07. The van der Waals surface area contributed by atoms with Gasteiger partial charge in [0.25, 0.3) is 0 Å². The smallest absolute Gasteiger partial charge is 0.224 e. The van der Waals surface area contributed by atoms with E-state index in [1.165, 1.54) is 6.07 Å². The second kappa shape index (κ2) is 6.83. The largest absolute Gasteiger partial charge is 0.497 e. The van der Waals surface area contributed by atoms with Crippen molar-refractivity contribution >= 4 is 5.91 Å². The zero-order valence-electron chi connectivity index (χ0n) is 11.5. The normalized spacial score (nSPS) is 10.2. The van der Waals surface area contributed by atoms with Gasteiger partial charge in [-0.2, -0.15) is 0 Å². The Balaban J connectivity index is 1.92. The molecule has 0 unspecified atom stereocenters. The molecule has 0 fully saturated rings. The predicted octanol–water partition coefficient (Wildman–Crippen LogP) is 2.83. The van der Waals surface area contributed by atoms with E-state index in [9.17, 15) is 13.6 Å². The lowest BCUT2D eigenvalue weighted by atomic mass is 10.1. The van der Waals surface area contributed by atoms with Crippen LogP contribution in [0.1, 0.15) is 11.1 Å². The maximum atomic E-state index is 13.4. The zero-order chi connectivity index (χ0) is 15.2. The van der Waals surface area contributed by atoms with E-state index >= 15 is 0 Å². The molecule has 0 saturated carbocycles. The Labute approximate surface area is 121 Å². The van der Waals surface area contributed by atoms with Crippen LogP contribution in [0.2, 0.25) is 0 Å². The van der Waals surface area contributed by atoms with Crippen molar-refractivity contribution in [3.8, 4) is 5.75 Å². The molecule has 2 aromatic carbocycles. The van der Waals surface area contributed by atoms with Gasteiger partial charge in [0.2, 0.25) is 5.91 Å². The van der Waals surface area contributed by atoms with Crippen LogP contribution in [0.25, 0.3) is 0 Å². The van der Waals surface area contributed by atoms with Gasteiger partial charge in [-0.25, -0.2) is 8.78 Å². The molecular weight excluding hydrogens is 276 g/mol. The van der Waals surface area contributed by atoms with E-state index in [0.29, 0.717) is 5.75 Å². The highest BCUT2D eigenvalue weighted by molar-refractivity contribution is 5.78. The molecule has 0 bridgehead atoms. The van der Waals surface area contributed by atoms with E-state index in [-0.39, 0.29) is 24.4 Å². The van der Waals surface area contributed by atoms with E-state index in [1.54, 1.807) is 31.4 Å². The summed E-state index contributed by atoms with van der Waals surface area (Å²) in [7, 11) is 1.55. The fourth-order valence-electron chi connectivity index (χ4n) is 1.89. The minimum absolute atomic E-state index is 0.0227. The summed E-state index contributed by atoms with van der Waals surface area (Å²) in [5.41, 5.74) is 1.04. The van der Waals surface area contributed by atoms with Crippen molar-refractivity contribution in [2.75, 3.05) is 7.11 Å². The van der Waals surface area contributed by atoms with Crippen molar-refractivity contribution in [2.45, 2.75) is 13.0 Å². The van der Waals surface area contributed by atoms with Crippen LogP contribution in [0.5, 0.6) is 5.75 Å². The SMILES string of the molecule is COc1cccc(CC(=O)NCc2ccc(F)cc2F)c1. The molecule has 2 rings (SSSR count). The number of methoxy groups -OCH3 is 1. The van der Waals surface area contributed by atoms with Gasteiger partial charge in [0.05, 0.1) is 13.5 Å². The third kappa shape index (κ3) is 4.27. The molecule has 110 valence electrons. The average molecular weight is 291 g/mol. The molecule has 0 aliphatic rings. The van der Waals surface area contributed by atoms with E-state index < -0.39 is 11.6 Å². The molecule has 0 heterocycles. The summed E-state index contributed by atoms with van der Waals surface area (Å²) in [6, 6.07) is 10.4. The first-order chi connectivity index (χ1) is 10.1. The Hall–Kier alpha value is -2.43. The van der Waals surface area contributed by atoms with Crippen LogP contribution in [0.4, 0.5) is 8.78 Å². The summed E-state index contributed by atoms with van der Waals surface area (Å²) in [5.74, 6) is -0.882. The lowest BCUT2D eigenvalue weighted by Gasteiger charge is -2.07. The molecule has 3 nitrogen and oxygen atoms in total. The molecule has 1 N–H and O–H groups in total. The number of rotatable bonds is 5. The summed E-state index contributed by atoms with van der Waals surface area (Å²) in [6.07, 6.45) is 0.167. The first-order valence-corrected chi connectivity index (χ1v) is 6.42. The molecule has 0 aliphatic carbocycles. The number of halogens is 2. The quantitative estimate of drug-likeness (QED) is 0.920. The summed E-state index contributed by atoms with van der Waals surface area (Å²) in [5, 5.41) is 2.60. The molecule has 0 spiro atoms. The zero-order valence-corrected chi connectivity index (χ0v) is 11.5. The number of hydrogen-bond donors (Lipinski definition) is 1. The second-order valence-electron chi connectivity index (χ2n) is 4.54. The third-order valence-corrected chi connectivity index (χ3v) is 2.99. The third-order valence-electron chi connectivity index (χ3n) is 2.99. The molecule has 0 aromatic heterocycles. The molecular formula is C16H15F2NO2. The Morgan fingerprint density at radius 3 is 2.71 bits per heavy atom. The number of carbonyl (C=O) groups is 1. The van der Waals surface area contributed by atoms with Gasteiger partial charge >= 0.3 is 0 Å². The van der Waals surface area contributed by atoms with Crippen LogP contribution >= 0.6 is 0 Å². The lowest BCUT2D eigenvalue weighted by Crippen LogP contribution is -2.25. The van der Waals surface area contributed by atoms with Gasteiger partial charge in [0.15, 0.2) is 0 Å². The van der Waals surface area contributed by atoms with Crippen LogP contribution in [-0.4, -0.2) is 13.0 Å². The van der Waals surface area contributed by atoms with Crippen molar-refractivity contribution < 1.29 is 18.3 Å². The first-order valence-electron chi connectivity index (χ1n) is 6.42. The Bertz CT molecular complexity index is 644. The monoisotopic (exact) mass is 291 g/mol. The molecule has 5 heteroatoms. The van der Waals surface area contributed by atoms with Crippen LogP contribution in [0, 0.1) is 11.6 Å². The molecule has 0 aliphatic heterocycles. The average Bonchev–Trinajstić information content (AvgIpc) is 2.46. The van der Waals surface area contributed by atoms with Gasteiger partial charge < -0.3 is 10.1 Å². The molecule has 1 amide bonds. The van der Waals surface area contributed by atoms with Crippen LogP contribution in [0.3, 0.4) is 0 Å². The molecule has 21 heavy (non-hydrogen) atoms. The summed E-state index contributed by atoms with van der Waals surface area (Å²) < 4.78 is 31.3. The number of carbonyl (C=O) groups excluding carboxylic acids is 1. The maximum absolute atomic E-state index is 13.4. The second-order valence-corrected chi connectivity index (χ2v) is 4.54. The predicted molar refractivity (Wildman–Crippen MR) is 74.9 cm³/mol. The van der Waals surface area contributed by atoms with Crippen LogP contribution in [0.15, 0.2) is 42.5 Å². The van der Waals surface area contributed by atoms with Crippen LogP contribution < -0.4 is 10.1 Å². The standard InChI is InChI=1S/C16H15F2NO2/c1-21-14-4-2-3-11(7-14)8-16(20)19-10-12-5-6-13(17)9-15(12)18/h2-7,9H,8,10H2,1H3,(H,19,20). The van der Waals surface area contributed by atoms with Gasteiger partial charge in [-0.1, -0.05) is 18.2 Å². The van der Waals surface area contributed by atoms with E-state index in [1.807, 2.05) is 0 Å². The minimum atomic E-state index is -0.670. The van der Waals surface area contributed by atoms with E-state index in [0.717, 1.165) is 17.7 Å². The minimum Gasteiger partial charge on any atom is -0.497 e. The maximum Gasteiger partial charge on any atom is 0.224 e. The fraction of sp³-hybridized carbons (Fsp3) is 0.188. The summed E-state index contributed by atoms with van der Waals surface area (Å²) in [4.78, 5) is 11.8. The topological polar surface area (TPSA) is 38.3 Å². The number of ether oxygens (including phenoxy) is 1. The van der Waals surface area contributed by atoms with E-state index in [4.69, 9.17) is 4.74 Å². The number of nitrogens with one attached hydrogen (secondary N) is 1. The van der Waals surface area contributed by atoms with Crippen molar-refractivity contribution in [1.29, 1.82) is 0 Å². The Morgan fingerprint density at radius 1 is 1.19 bits per heavy atom. The lowest BCUT2D eigenvalue weighted by molar-refractivity contribution is -0.120. The Kier molecular flexibility index (Phi) is 4.87. The van der Waals surface area contributed by atoms with Crippen LogP contribution in [-0.2, 0) is 17.8 Å². The van der Waals surface area contributed by atoms with Gasteiger partial charge in [0.1, 0.15) is 17.4 Å². The number of hydrogen-bond acceptors (Lipinski definition) is 2. The highest BCUT2D eigenvalue weighted by atomic mass is 19.1. The van der Waals surface area contributed by atoms with Crippen molar-refractivity contribution in [3.05, 3.63) is 65.2 Å². The fourth-order valence-corrected chi connectivity index (χ4v) is 1.89. The molecule has 2 aromatic rings. The summed E-state index contributed by atoms with van der Waals surface area (Å²) in [6.45, 7) is 0.0227. The summed E-state index contributed by atoms with van der Waals surface area (Å²) >= 11 is 0. The molecule has 0 atom stereocenters. The first kappa shape index (κ1) is 15.0. The highest BCUT2D eigenvalue weighted by Crippen LogP contribution is 2.13. The van der Waals surface area contributed by atoms with Gasteiger partial charge in [-0.05, 0) is 23.8 Å². The van der Waals surface area contributed by atoms with Gasteiger partial charge in [0, 0.05) is 18.2 Å². The molecule has 0 radical (unpaired) electrons. The van der Waals surface area contributed by atoms with Gasteiger partial charge in [-0.15, -0.1) is 0 Å². The number of amides is 1.